The highest BCUT2D eigenvalue weighted by Gasteiger charge is 2.14. The van der Waals surface area contributed by atoms with Gasteiger partial charge in [0.1, 0.15) is 5.75 Å². The van der Waals surface area contributed by atoms with Gasteiger partial charge in [-0.05, 0) is 35.7 Å². The van der Waals surface area contributed by atoms with Crippen molar-refractivity contribution >= 4 is 29.4 Å². The topological polar surface area (TPSA) is 93.7 Å². The van der Waals surface area contributed by atoms with Gasteiger partial charge in [-0.25, -0.2) is 0 Å². The second kappa shape index (κ2) is 10.9. The first-order valence-corrected chi connectivity index (χ1v) is 8.98. The van der Waals surface area contributed by atoms with Crippen LogP contribution in [0.1, 0.15) is 24.8 Å². The van der Waals surface area contributed by atoms with E-state index >= 15 is 0 Å². The molecule has 0 aromatic heterocycles. The highest BCUT2D eigenvalue weighted by atomic mass is 35.5. The Hall–Kier alpha value is -3.06. The first kappa shape index (κ1) is 21.2. The van der Waals surface area contributed by atoms with Gasteiger partial charge in [-0.1, -0.05) is 48.9 Å². The van der Waals surface area contributed by atoms with E-state index in [1.807, 2.05) is 37.3 Å². The van der Waals surface area contributed by atoms with Gasteiger partial charge < -0.3 is 9.47 Å². The fraction of sp³-hybridized carbons (Fsp3) is 0.250. The fourth-order valence-electron chi connectivity index (χ4n) is 2.25. The smallest absolute Gasteiger partial charge is 0.306 e. The molecule has 0 aliphatic rings. The summed E-state index contributed by atoms with van der Waals surface area (Å²) in [5.41, 5.74) is 5.34. The second-order valence-corrected chi connectivity index (χ2v) is 6.45. The molecule has 0 unspecified atom stereocenters. The lowest BCUT2D eigenvalue weighted by molar-refractivity contribution is -0.149. The summed E-state index contributed by atoms with van der Waals surface area (Å²) in [6.07, 6.45) is 0.151. The van der Waals surface area contributed by atoms with Crippen LogP contribution in [0, 0.1) is 0 Å². The number of carbonyl (C=O) groups is 3. The third-order valence-electron chi connectivity index (χ3n) is 3.73. The number of rotatable bonds is 8. The van der Waals surface area contributed by atoms with Gasteiger partial charge in [-0.3, -0.25) is 25.2 Å². The SMILES string of the molecule is C[C@H](CC(=O)OCC(=O)NNC(=O)COc1ccc(Cl)cc1)c1ccccc1. The number of esters is 1. The first-order valence-electron chi connectivity index (χ1n) is 8.60. The van der Waals surface area contributed by atoms with E-state index in [9.17, 15) is 14.4 Å². The Bertz CT molecular complexity index is 796. The van der Waals surface area contributed by atoms with Crippen molar-refractivity contribution in [1.29, 1.82) is 0 Å². The lowest BCUT2D eigenvalue weighted by Gasteiger charge is -2.12. The monoisotopic (exact) mass is 404 g/mol. The van der Waals surface area contributed by atoms with Crippen molar-refractivity contribution in [2.24, 2.45) is 0 Å². The van der Waals surface area contributed by atoms with Crippen LogP contribution in [0.2, 0.25) is 5.02 Å². The van der Waals surface area contributed by atoms with Crippen LogP contribution in [-0.2, 0) is 19.1 Å². The minimum absolute atomic E-state index is 0.0264. The molecule has 2 aromatic carbocycles. The third-order valence-corrected chi connectivity index (χ3v) is 3.98. The quantitative estimate of drug-likeness (QED) is 0.521. The second-order valence-electron chi connectivity index (χ2n) is 6.02. The zero-order chi connectivity index (χ0) is 20.4. The Morgan fingerprint density at radius 1 is 0.929 bits per heavy atom. The van der Waals surface area contributed by atoms with Gasteiger partial charge in [-0.15, -0.1) is 0 Å². The van der Waals surface area contributed by atoms with Crippen molar-refractivity contribution in [1.82, 2.24) is 10.9 Å². The average Bonchev–Trinajstić information content (AvgIpc) is 2.71. The Kier molecular flexibility index (Phi) is 8.30. The standard InChI is InChI=1S/C20H21ClN2O5/c1-14(15-5-3-2-4-6-15)11-20(26)28-13-19(25)23-22-18(24)12-27-17-9-7-16(21)8-10-17/h2-10,14H,11-13H2,1H3,(H,22,24)(H,23,25)/t14-/m1/s1. The van der Waals surface area contributed by atoms with Crippen LogP contribution in [0.25, 0.3) is 0 Å². The summed E-state index contributed by atoms with van der Waals surface area (Å²) < 4.78 is 10.2. The minimum atomic E-state index is -0.652. The van der Waals surface area contributed by atoms with Gasteiger partial charge in [-0.2, -0.15) is 0 Å². The Morgan fingerprint density at radius 3 is 2.18 bits per heavy atom. The minimum Gasteiger partial charge on any atom is -0.484 e. The lowest BCUT2D eigenvalue weighted by atomic mass is 9.98. The molecule has 0 fully saturated rings. The maximum Gasteiger partial charge on any atom is 0.306 e. The van der Waals surface area contributed by atoms with E-state index in [2.05, 4.69) is 10.9 Å². The molecule has 0 spiro atoms. The highest BCUT2D eigenvalue weighted by molar-refractivity contribution is 6.30. The number of hydrogen-bond acceptors (Lipinski definition) is 5. The molecule has 7 nitrogen and oxygen atoms in total. The molecule has 28 heavy (non-hydrogen) atoms. The number of ether oxygens (including phenoxy) is 2. The average molecular weight is 405 g/mol. The largest absolute Gasteiger partial charge is 0.484 e. The molecule has 0 bridgehead atoms. The summed E-state index contributed by atoms with van der Waals surface area (Å²) in [4.78, 5) is 35.1. The van der Waals surface area contributed by atoms with Crippen molar-refractivity contribution in [3.05, 3.63) is 65.2 Å². The zero-order valence-electron chi connectivity index (χ0n) is 15.3. The maximum atomic E-state index is 11.8. The van der Waals surface area contributed by atoms with Gasteiger partial charge in [0.2, 0.25) is 0 Å². The van der Waals surface area contributed by atoms with Crippen LogP contribution in [0.5, 0.6) is 5.75 Å². The molecule has 2 amide bonds. The molecule has 0 radical (unpaired) electrons. The van der Waals surface area contributed by atoms with Crippen molar-refractivity contribution in [3.8, 4) is 5.75 Å². The Balaban J connectivity index is 1.61. The van der Waals surface area contributed by atoms with Gasteiger partial charge in [0.15, 0.2) is 13.2 Å². The molecular weight excluding hydrogens is 384 g/mol. The molecule has 0 aliphatic heterocycles. The van der Waals surface area contributed by atoms with Crippen LogP contribution in [0.15, 0.2) is 54.6 Å². The van der Waals surface area contributed by atoms with Crippen LogP contribution < -0.4 is 15.6 Å². The summed E-state index contributed by atoms with van der Waals surface area (Å²) in [6.45, 7) is 1.12. The first-order chi connectivity index (χ1) is 13.4. The van der Waals surface area contributed by atoms with Gasteiger partial charge >= 0.3 is 5.97 Å². The normalized spacial score (nSPS) is 11.2. The van der Waals surface area contributed by atoms with Crippen molar-refractivity contribution in [3.63, 3.8) is 0 Å². The summed E-state index contributed by atoms with van der Waals surface area (Å²) in [5.74, 6) is -1.27. The van der Waals surface area contributed by atoms with E-state index in [1.54, 1.807) is 24.3 Å². The summed E-state index contributed by atoms with van der Waals surface area (Å²) >= 11 is 5.75. The third kappa shape index (κ3) is 7.67. The number of benzene rings is 2. The van der Waals surface area contributed by atoms with E-state index in [0.29, 0.717) is 10.8 Å². The number of halogens is 1. The molecule has 0 aliphatic carbocycles. The molecule has 8 heteroatoms. The number of amides is 2. The van der Waals surface area contributed by atoms with E-state index in [4.69, 9.17) is 21.1 Å². The van der Waals surface area contributed by atoms with Gasteiger partial charge in [0, 0.05) is 5.02 Å². The number of hydrazine groups is 1. The predicted octanol–water partition coefficient (Wildman–Crippen LogP) is 2.60. The van der Waals surface area contributed by atoms with Crippen molar-refractivity contribution in [2.45, 2.75) is 19.3 Å². The van der Waals surface area contributed by atoms with Crippen molar-refractivity contribution < 1.29 is 23.9 Å². The molecule has 2 rings (SSSR count). The molecule has 1 atom stereocenters. The fourth-order valence-corrected chi connectivity index (χ4v) is 2.37. The molecule has 0 saturated carbocycles. The number of carbonyl (C=O) groups excluding carboxylic acids is 3. The molecular formula is C20H21ClN2O5. The van der Waals surface area contributed by atoms with E-state index in [1.165, 1.54) is 0 Å². The summed E-state index contributed by atoms with van der Waals surface area (Å²) in [6, 6.07) is 16.0. The highest BCUT2D eigenvalue weighted by Crippen LogP contribution is 2.18. The van der Waals surface area contributed by atoms with Gasteiger partial charge in [0.25, 0.3) is 11.8 Å². The molecule has 2 aromatic rings. The summed E-state index contributed by atoms with van der Waals surface area (Å²) in [7, 11) is 0. The Labute approximate surface area is 167 Å². The predicted molar refractivity (Wildman–Crippen MR) is 104 cm³/mol. The number of nitrogens with one attached hydrogen (secondary N) is 2. The van der Waals surface area contributed by atoms with Crippen LogP contribution in [-0.4, -0.2) is 31.0 Å². The zero-order valence-corrected chi connectivity index (χ0v) is 16.1. The van der Waals surface area contributed by atoms with Gasteiger partial charge in [0.05, 0.1) is 6.42 Å². The van der Waals surface area contributed by atoms with Crippen molar-refractivity contribution in [2.75, 3.05) is 13.2 Å². The molecule has 2 N–H and O–H groups in total. The maximum absolute atomic E-state index is 11.8. The molecule has 0 saturated heterocycles. The summed E-state index contributed by atoms with van der Waals surface area (Å²) in [5, 5.41) is 0.553. The van der Waals surface area contributed by atoms with Crippen LogP contribution >= 0.6 is 11.6 Å². The Morgan fingerprint density at radius 2 is 1.54 bits per heavy atom. The van der Waals surface area contributed by atoms with Crippen LogP contribution in [0.4, 0.5) is 0 Å². The molecule has 148 valence electrons. The van der Waals surface area contributed by atoms with E-state index in [0.717, 1.165) is 5.56 Å². The van der Waals surface area contributed by atoms with E-state index in [-0.39, 0.29) is 18.9 Å². The lowest BCUT2D eigenvalue weighted by Crippen LogP contribution is -2.45. The molecule has 0 heterocycles. The number of hydrogen-bond donors (Lipinski definition) is 2. The van der Waals surface area contributed by atoms with E-state index < -0.39 is 24.4 Å². The van der Waals surface area contributed by atoms with Crippen LogP contribution in [0.3, 0.4) is 0 Å².